The summed E-state index contributed by atoms with van der Waals surface area (Å²) in [5.41, 5.74) is 6.23. The van der Waals surface area contributed by atoms with Gasteiger partial charge in [0.05, 0.1) is 6.10 Å². The lowest BCUT2D eigenvalue weighted by atomic mass is 10.2. The van der Waals surface area contributed by atoms with Crippen LogP contribution in [0.1, 0.15) is 24.6 Å². The van der Waals surface area contributed by atoms with Gasteiger partial charge >= 0.3 is 0 Å². The summed E-state index contributed by atoms with van der Waals surface area (Å²) in [5, 5.41) is 6.59. The summed E-state index contributed by atoms with van der Waals surface area (Å²) in [5.74, 6) is 1.48. The number of aryl methyl sites for hydroxylation is 1. The van der Waals surface area contributed by atoms with Crippen LogP contribution in [-0.2, 0) is 16.1 Å². The number of nitrogens with two attached hydrogens (primary N) is 1. The van der Waals surface area contributed by atoms with Gasteiger partial charge in [-0.2, -0.15) is 4.98 Å². The van der Waals surface area contributed by atoms with Crippen LogP contribution in [0.15, 0.2) is 28.8 Å². The largest absolute Gasteiger partial charge is 0.485 e. The first kappa shape index (κ1) is 16.4. The quantitative estimate of drug-likeness (QED) is 0.822. The fraction of sp³-hybridized carbons (Fsp3) is 0.438. The van der Waals surface area contributed by atoms with E-state index >= 15 is 0 Å². The van der Waals surface area contributed by atoms with Gasteiger partial charge in [0.25, 0.3) is 5.91 Å². The van der Waals surface area contributed by atoms with Crippen molar-refractivity contribution in [2.45, 2.75) is 38.6 Å². The Hall–Kier alpha value is -2.45. The molecule has 0 radical (unpaired) electrons. The fourth-order valence-corrected chi connectivity index (χ4v) is 2.48. The van der Waals surface area contributed by atoms with Crippen LogP contribution in [0.3, 0.4) is 0 Å². The van der Waals surface area contributed by atoms with Gasteiger partial charge in [-0.05, 0) is 37.1 Å². The molecule has 128 valence electrons. The van der Waals surface area contributed by atoms with Gasteiger partial charge in [0.2, 0.25) is 11.7 Å². The summed E-state index contributed by atoms with van der Waals surface area (Å²) in [6.45, 7) is 2.38. The Labute approximate surface area is 139 Å². The van der Waals surface area contributed by atoms with E-state index < -0.39 is 6.10 Å². The van der Waals surface area contributed by atoms with Crippen molar-refractivity contribution >= 4 is 11.6 Å². The number of aromatic nitrogens is 2. The van der Waals surface area contributed by atoms with Crippen LogP contribution in [0.25, 0.3) is 0 Å². The molecule has 1 aromatic heterocycles. The number of amides is 1. The number of hydrogen-bond donors (Lipinski definition) is 2. The smallest absolute Gasteiger partial charge is 0.253 e. The van der Waals surface area contributed by atoms with Gasteiger partial charge < -0.3 is 25.0 Å². The number of carbonyl (C=O) groups excluding carboxylic acids is 1. The molecule has 24 heavy (non-hydrogen) atoms. The number of anilines is 1. The van der Waals surface area contributed by atoms with Gasteiger partial charge in [0, 0.05) is 19.2 Å². The first-order valence-corrected chi connectivity index (χ1v) is 7.82. The lowest BCUT2D eigenvalue weighted by Gasteiger charge is -2.13. The van der Waals surface area contributed by atoms with Crippen LogP contribution in [0.5, 0.6) is 5.75 Å². The number of benzene rings is 1. The van der Waals surface area contributed by atoms with Crippen molar-refractivity contribution in [1.82, 2.24) is 10.1 Å². The Morgan fingerprint density at radius 2 is 2.17 bits per heavy atom. The van der Waals surface area contributed by atoms with Gasteiger partial charge in [-0.15, -0.1) is 0 Å². The minimum atomic E-state index is -0.434. The van der Waals surface area contributed by atoms with Gasteiger partial charge in [-0.3, -0.25) is 4.79 Å². The van der Waals surface area contributed by atoms with E-state index in [2.05, 4.69) is 15.5 Å². The first-order valence-electron chi connectivity index (χ1n) is 7.82. The normalized spacial score (nSPS) is 20.1. The molecule has 0 spiro atoms. The molecule has 1 amide bonds. The summed E-state index contributed by atoms with van der Waals surface area (Å²) < 4.78 is 16.0. The van der Waals surface area contributed by atoms with E-state index in [-0.39, 0.29) is 18.6 Å². The van der Waals surface area contributed by atoms with Gasteiger partial charge in [0.1, 0.15) is 11.9 Å². The van der Waals surface area contributed by atoms with Gasteiger partial charge in [-0.25, -0.2) is 0 Å². The first-order chi connectivity index (χ1) is 11.6. The number of nitrogens with one attached hydrogen (secondary N) is 1. The zero-order chi connectivity index (χ0) is 16.9. The molecule has 3 rings (SSSR count). The molecule has 8 heteroatoms. The number of carbonyl (C=O) groups is 1. The van der Waals surface area contributed by atoms with Crippen LogP contribution in [0, 0.1) is 6.92 Å². The SMILES string of the molecule is Cc1nc(COc2ccc(NC(=O)[C@@H]3CC[C@H](CN)O3)cc2)no1. The molecule has 2 atom stereocenters. The van der Waals surface area contributed by atoms with Crippen molar-refractivity contribution < 1.29 is 18.8 Å². The molecule has 1 aliphatic rings. The molecule has 0 bridgehead atoms. The molecule has 1 aliphatic heterocycles. The summed E-state index contributed by atoms with van der Waals surface area (Å²) in [6, 6.07) is 7.07. The summed E-state index contributed by atoms with van der Waals surface area (Å²) in [7, 11) is 0. The molecule has 3 N–H and O–H groups in total. The molecular formula is C16H20N4O4. The maximum atomic E-state index is 12.1. The Balaban J connectivity index is 1.50. The van der Waals surface area contributed by atoms with E-state index in [0.717, 1.165) is 6.42 Å². The van der Waals surface area contributed by atoms with Crippen molar-refractivity contribution in [2.75, 3.05) is 11.9 Å². The standard InChI is InChI=1S/C16H20N4O4/c1-10-18-15(20-24-10)9-22-12-4-2-11(3-5-12)19-16(21)14-7-6-13(8-17)23-14/h2-5,13-14H,6-9,17H2,1H3,(H,19,21)/t13-,14+/m1/s1. The molecule has 1 saturated heterocycles. The van der Waals surface area contributed by atoms with Crippen molar-refractivity contribution in [3.8, 4) is 5.75 Å². The van der Waals surface area contributed by atoms with E-state index in [1.807, 2.05) is 0 Å². The Morgan fingerprint density at radius 1 is 1.38 bits per heavy atom. The van der Waals surface area contributed by atoms with Crippen molar-refractivity contribution in [3.05, 3.63) is 36.0 Å². The highest BCUT2D eigenvalue weighted by atomic mass is 16.5. The summed E-state index contributed by atoms with van der Waals surface area (Å²) >= 11 is 0. The van der Waals surface area contributed by atoms with E-state index in [0.29, 0.717) is 36.1 Å². The van der Waals surface area contributed by atoms with Crippen molar-refractivity contribution in [1.29, 1.82) is 0 Å². The average Bonchev–Trinajstić information content (AvgIpc) is 3.23. The monoisotopic (exact) mass is 332 g/mol. The predicted molar refractivity (Wildman–Crippen MR) is 85.4 cm³/mol. The van der Waals surface area contributed by atoms with Crippen LogP contribution in [0.2, 0.25) is 0 Å². The maximum absolute atomic E-state index is 12.1. The molecule has 0 aliphatic carbocycles. The van der Waals surface area contributed by atoms with Crippen LogP contribution in [-0.4, -0.2) is 34.8 Å². The second-order valence-corrected chi connectivity index (χ2v) is 5.59. The molecule has 0 saturated carbocycles. The van der Waals surface area contributed by atoms with Crippen molar-refractivity contribution in [3.63, 3.8) is 0 Å². The third-order valence-corrected chi connectivity index (χ3v) is 3.72. The molecule has 1 fully saturated rings. The summed E-state index contributed by atoms with van der Waals surface area (Å²) in [6.07, 6.45) is 1.05. The molecular weight excluding hydrogens is 312 g/mol. The Kier molecular flexibility index (Phi) is 5.07. The highest BCUT2D eigenvalue weighted by Gasteiger charge is 2.29. The molecule has 2 aromatic rings. The number of hydrogen-bond acceptors (Lipinski definition) is 7. The highest BCUT2D eigenvalue weighted by molar-refractivity contribution is 5.94. The topological polar surface area (TPSA) is 112 Å². The second-order valence-electron chi connectivity index (χ2n) is 5.59. The zero-order valence-electron chi connectivity index (χ0n) is 13.4. The van der Waals surface area contributed by atoms with Crippen LogP contribution >= 0.6 is 0 Å². The number of ether oxygens (including phenoxy) is 2. The number of rotatable bonds is 6. The van der Waals surface area contributed by atoms with Gasteiger partial charge in [0.15, 0.2) is 6.61 Å². The number of nitrogens with zero attached hydrogens (tertiary/aromatic N) is 2. The fourth-order valence-electron chi connectivity index (χ4n) is 2.48. The third kappa shape index (κ3) is 4.09. The minimum absolute atomic E-state index is 0.0229. The Morgan fingerprint density at radius 3 is 2.79 bits per heavy atom. The predicted octanol–water partition coefficient (Wildman–Crippen LogP) is 1.40. The van der Waals surface area contributed by atoms with Crippen LogP contribution < -0.4 is 15.8 Å². The molecule has 1 aromatic carbocycles. The Bertz CT molecular complexity index is 686. The lowest BCUT2D eigenvalue weighted by molar-refractivity contribution is -0.126. The zero-order valence-corrected chi connectivity index (χ0v) is 13.4. The van der Waals surface area contributed by atoms with Crippen LogP contribution in [0.4, 0.5) is 5.69 Å². The second kappa shape index (κ2) is 7.41. The highest BCUT2D eigenvalue weighted by Crippen LogP contribution is 2.21. The third-order valence-electron chi connectivity index (χ3n) is 3.72. The average molecular weight is 332 g/mol. The summed E-state index contributed by atoms with van der Waals surface area (Å²) in [4.78, 5) is 16.2. The van der Waals surface area contributed by atoms with Crippen molar-refractivity contribution in [2.24, 2.45) is 5.73 Å². The maximum Gasteiger partial charge on any atom is 0.253 e. The van der Waals surface area contributed by atoms with E-state index in [9.17, 15) is 4.79 Å². The van der Waals surface area contributed by atoms with E-state index in [1.54, 1.807) is 31.2 Å². The molecule has 8 nitrogen and oxygen atoms in total. The van der Waals surface area contributed by atoms with E-state index in [4.69, 9.17) is 19.7 Å². The van der Waals surface area contributed by atoms with E-state index in [1.165, 1.54) is 0 Å². The molecule has 0 unspecified atom stereocenters. The van der Waals surface area contributed by atoms with Gasteiger partial charge in [-0.1, -0.05) is 5.16 Å². The lowest BCUT2D eigenvalue weighted by Crippen LogP contribution is -2.29. The minimum Gasteiger partial charge on any atom is -0.485 e. The molecule has 2 heterocycles.